The van der Waals surface area contributed by atoms with Gasteiger partial charge in [-0.1, -0.05) is 63.2 Å². The predicted molar refractivity (Wildman–Crippen MR) is 102 cm³/mol. The van der Waals surface area contributed by atoms with Crippen molar-refractivity contribution in [2.45, 2.75) is 26.2 Å². The smallest absolute Gasteiger partial charge is 0.291 e. The molecule has 0 spiro atoms. The van der Waals surface area contributed by atoms with Crippen LogP contribution in [0.4, 0.5) is 5.69 Å². The second-order valence-corrected chi connectivity index (χ2v) is 7.14. The predicted octanol–water partition coefficient (Wildman–Crippen LogP) is 5.06. The summed E-state index contributed by atoms with van der Waals surface area (Å²) in [6.07, 6.45) is 0. The van der Waals surface area contributed by atoms with Gasteiger partial charge in [-0.2, -0.15) is 0 Å². The highest BCUT2D eigenvalue weighted by Gasteiger charge is 2.18. The van der Waals surface area contributed by atoms with Crippen molar-refractivity contribution in [3.05, 3.63) is 89.4 Å². The summed E-state index contributed by atoms with van der Waals surface area (Å²) in [7, 11) is 0. The molecular weight excluding hydrogens is 326 g/mol. The van der Waals surface area contributed by atoms with Crippen molar-refractivity contribution in [2.75, 3.05) is 5.32 Å². The van der Waals surface area contributed by atoms with Crippen LogP contribution in [-0.2, 0) is 5.41 Å². The van der Waals surface area contributed by atoms with Crippen LogP contribution in [0.5, 0.6) is 0 Å². The summed E-state index contributed by atoms with van der Waals surface area (Å²) in [4.78, 5) is 24.7. The number of hydrogen-bond acceptors (Lipinski definition) is 3. The molecule has 0 bridgehead atoms. The first kappa shape index (κ1) is 17.7. The molecule has 1 aromatic heterocycles. The van der Waals surface area contributed by atoms with Crippen molar-refractivity contribution >= 4 is 17.4 Å². The number of benzene rings is 2. The molecule has 1 heterocycles. The van der Waals surface area contributed by atoms with Gasteiger partial charge in [0.2, 0.25) is 5.78 Å². The highest BCUT2D eigenvalue weighted by Crippen LogP contribution is 2.24. The minimum absolute atomic E-state index is 0.0518. The molecule has 0 saturated carbocycles. The SMILES string of the molecule is CC(C)(C)c1ccc(NC(=O)c2ccc(C(=O)c3ccccc3)o2)cc1. The largest absolute Gasteiger partial charge is 0.447 e. The Morgan fingerprint density at radius 1 is 0.808 bits per heavy atom. The van der Waals surface area contributed by atoms with Gasteiger partial charge in [-0.15, -0.1) is 0 Å². The van der Waals surface area contributed by atoms with Gasteiger partial charge < -0.3 is 9.73 Å². The molecule has 0 saturated heterocycles. The van der Waals surface area contributed by atoms with Gasteiger partial charge in [0.25, 0.3) is 5.91 Å². The molecule has 0 aliphatic carbocycles. The molecular formula is C22H21NO3. The number of furan rings is 1. The first-order valence-corrected chi connectivity index (χ1v) is 8.46. The van der Waals surface area contributed by atoms with E-state index in [-0.39, 0.29) is 28.6 Å². The van der Waals surface area contributed by atoms with E-state index in [1.165, 1.54) is 17.7 Å². The molecule has 1 N–H and O–H groups in total. The van der Waals surface area contributed by atoms with Crippen molar-refractivity contribution in [2.24, 2.45) is 0 Å². The molecule has 132 valence electrons. The lowest BCUT2D eigenvalue weighted by Gasteiger charge is -2.19. The number of rotatable bonds is 4. The Bertz CT molecular complexity index is 916. The number of nitrogens with one attached hydrogen (secondary N) is 1. The number of carbonyl (C=O) groups is 2. The fourth-order valence-electron chi connectivity index (χ4n) is 2.56. The molecule has 4 heteroatoms. The summed E-state index contributed by atoms with van der Waals surface area (Å²) >= 11 is 0. The molecule has 0 radical (unpaired) electrons. The zero-order chi connectivity index (χ0) is 18.7. The number of anilines is 1. The minimum Gasteiger partial charge on any atom is -0.447 e. The Morgan fingerprint density at radius 2 is 1.42 bits per heavy atom. The average Bonchev–Trinajstić information content (AvgIpc) is 3.12. The molecule has 26 heavy (non-hydrogen) atoms. The molecule has 0 aliphatic heterocycles. The maximum absolute atomic E-state index is 12.4. The summed E-state index contributed by atoms with van der Waals surface area (Å²) in [6.45, 7) is 6.40. The third kappa shape index (κ3) is 3.91. The van der Waals surface area contributed by atoms with Gasteiger partial charge in [0.05, 0.1) is 0 Å². The Kier molecular flexibility index (Phi) is 4.76. The highest BCUT2D eigenvalue weighted by atomic mass is 16.4. The van der Waals surface area contributed by atoms with Crippen molar-refractivity contribution in [3.8, 4) is 0 Å². The van der Waals surface area contributed by atoms with Crippen LogP contribution in [0.2, 0.25) is 0 Å². The minimum atomic E-state index is -0.388. The van der Waals surface area contributed by atoms with Crippen LogP contribution < -0.4 is 5.32 Å². The van der Waals surface area contributed by atoms with E-state index < -0.39 is 0 Å². The molecule has 0 unspecified atom stereocenters. The molecule has 0 fully saturated rings. The van der Waals surface area contributed by atoms with Gasteiger partial charge in [-0.25, -0.2) is 0 Å². The van der Waals surface area contributed by atoms with Gasteiger partial charge in [-0.05, 0) is 35.2 Å². The average molecular weight is 347 g/mol. The van der Waals surface area contributed by atoms with Crippen molar-refractivity contribution in [1.82, 2.24) is 0 Å². The lowest BCUT2D eigenvalue weighted by molar-refractivity contribution is 0.0979. The third-order valence-electron chi connectivity index (χ3n) is 4.10. The zero-order valence-electron chi connectivity index (χ0n) is 15.1. The normalized spacial score (nSPS) is 11.2. The summed E-state index contributed by atoms with van der Waals surface area (Å²) in [5.74, 6) is -0.395. The van der Waals surface area contributed by atoms with Gasteiger partial charge in [0.1, 0.15) is 0 Å². The molecule has 3 rings (SSSR count). The third-order valence-corrected chi connectivity index (χ3v) is 4.10. The van der Waals surface area contributed by atoms with E-state index in [1.807, 2.05) is 30.3 Å². The van der Waals surface area contributed by atoms with Gasteiger partial charge in [-0.3, -0.25) is 9.59 Å². The fourth-order valence-corrected chi connectivity index (χ4v) is 2.56. The maximum Gasteiger partial charge on any atom is 0.291 e. The van der Waals surface area contributed by atoms with Crippen LogP contribution >= 0.6 is 0 Å². The Labute approximate surface area is 152 Å². The van der Waals surface area contributed by atoms with E-state index in [0.29, 0.717) is 11.3 Å². The number of hydrogen-bond donors (Lipinski definition) is 1. The maximum atomic E-state index is 12.4. The second kappa shape index (κ2) is 7.00. The number of carbonyl (C=O) groups excluding carboxylic acids is 2. The molecule has 2 aromatic carbocycles. The molecule has 0 aliphatic rings. The van der Waals surface area contributed by atoms with Crippen molar-refractivity contribution in [3.63, 3.8) is 0 Å². The van der Waals surface area contributed by atoms with Gasteiger partial charge in [0.15, 0.2) is 11.5 Å². The highest BCUT2D eigenvalue weighted by molar-refractivity contribution is 6.08. The quantitative estimate of drug-likeness (QED) is 0.671. The molecule has 1 amide bonds. The van der Waals surface area contributed by atoms with E-state index in [1.54, 1.807) is 24.3 Å². The lowest BCUT2D eigenvalue weighted by atomic mass is 9.87. The summed E-state index contributed by atoms with van der Waals surface area (Å²) in [5.41, 5.74) is 2.43. The first-order valence-electron chi connectivity index (χ1n) is 8.46. The molecule has 3 aromatic rings. The van der Waals surface area contributed by atoms with Crippen LogP contribution in [0.15, 0.2) is 71.1 Å². The molecule has 0 atom stereocenters. The van der Waals surface area contributed by atoms with E-state index in [9.17, 15) is 9.59 Å². The van der Waals surface area contributed by atoms with E-state index in [2.05, 4.69) is 26.1 Å². The standard InChI is InChI=1S/C22H21NO3/c1-22(2,3)16-9-11-17(12-10-16)23-21(25)19-14-13-18(26-19)20(24)15-7-5-4-6-8-15/h4-14H,1-3H3,(H,23,25). The number of ketones is 1. The number of amides is 1. The van der Waals surface area contributed by atoms with Crippen LogP contribution in [0, 0.1) is 0 Å². The van der Waals surface area contributed by atoms with E-state index in [0.717, 1.165) is 0 Å². The van der Waals surface area contributed by atoms with Crippen LogP contribution in [-0.4, -0.2) is 11.7 Å². The van der Waals surface area contributed by atoms with Crippen LogP contribution in [0.1, 0.15) is 53.0 Å². The molecule has 4 nitrogen and oxygen atoms in total. The van der Waals surface area contributed by atoms with Gasteiger partial charge >= 0.3 is 0 Å². The Hall–Kier alpha value is -3.14. The Balaban J connectivity index is 1.71. The topological polar surface area (TPSA) is 59.3 Å². The van der Waals surface area contributed by atoms with Crippen molar-refractivity contribution in [1.29, 1.82) is 0 Å². The van der Waals surface area contributed by atoms with Crippen LogP contribution in [0.25, 0.3) is 0 Å². The summed E-state index contributed by atoms with van der Waals surface area (Å²) in [5, 5.41) is 2.78. The van der Waals surface area contributed by atoms with E-state index >= 15 is 0 Å². The monoisotopic (exact) mass is 347 g/mol. The van der Waals surface area contributed by atoms with E-state index in [4.69, 9.17) is 4.42 Å². The zero-order valence-corrected chi connectivity index (χ0v) is 15.1. The Morgan fingerprint density at radius 3 is 2.04 bits per heavy atom. The van der Waals surface area contributed by atoms with Gasteiger partial charge in [0, 0.05) is 11.3 Å². The fraction of sp³-hybridized carbons (Fsp3) is 0.182. The van der Waals surface area contributed by atoms with Crippen molar-refractivity contribution < 1.29 is 14.0 Å². The summed E-state index contributed by atoms with van der Waals surface area (Å²) in [6, 6.07) is 19.5. The summed E-state index contributed by atoms with van der Waals surface area (Å²) < 4.78 is 5.45. The van der Waals surface area contributed by atoms with Crippen LogP contribution in [0.3, 0.4) is 0 Å². The second-order valence-electron chi connectivity index (χ2n) is 7.14. The lowest BCUT2D eigenvalue weighted by Crippen LogP contribution is -2.13. The first-order chi connectivity index (χ1) is 12.3.